The first-order valence-electron chi connectivity index (χ1n) is 7.67. The van der Waals surface area contributed by atoms with Gasteiger partial charge in [-0.2, -0.15) is 0 Å². The van der Waals surface area contributed by atoms with Crippen LogP contribution in [0.5, 0.6) is 0 Å². The number of aliphatic carboxylic acids is 1. The maximum atomic E-state index is 13.3. The second-order valence-electron chi connectivity index (χ2n) is 5.71. The van der Waals surface area contributed by atoms with Crippen molar-refractivity contribution >= 4 is 23.5 Å². The zero-order valence-electron chi connectivity index (χ0n) is 14.0. The van der Waals surface area contributed by atoms with Crippen LogP contribution in [0.3, 0.4) is 0 Å². The van der Waals surface area contributed by atoms with Crippen LogP contribution in [0.2, 0.25) is 5.02 Å². The Morgan fingerprint density at radius 1 is 1.44 bits per heavy atom. The Hall–Kier alpha value is -2.48. The maximum Gasteiger partial charge on any atom is 0.326 e. The molecule has 2 aromatic rings. The van der Waals surface area contributed by atoms with E-state index in [1.807, 2.05) is 6.92 Å². The average molecular weight is 369 g/mol. The number of amides is 1. The minimum atomic E-state index is -1.11. The van der Waals surface area contributed by atoms with E-state index in [1.54, 1.807) is 13.8 Å². The zero-order chi connectivity index (χ0) is 18.7. The zero-order valence-corrected chi connectivity index (χ0v) is 14.7. The van der Waals surface area contributed by atoms with Crippen LogP contribution in [0, 0.1) is 18.7 Å². The van der Waals surface area contributed by atoms with Gasteiger partial charge in [0.05, 0.1) is 16.4 Å². The van der Waals surface area contributed by atoms with Crippen molar-refractivity contribution in [1.29, 1.82) is 0 Å². The fraction of sp³-hybridized carbons (Fsp3) is 0.375. The third-order valence-electron chi connectivity index (χ3n) is 4.02. The Morgan fingerprint density at radius 3 is 2.68 bits per heavy atom. The lowest BCUT2D eigenvalue weighted by Crippen LogP contribution is -2.45. The molecule has 2 N–H and O–H groups in total. The molecule has 7 nitrogen and oxygen atoms in total. The molecule has 1 aromatic heterocycles. The molecule has 1 heterocycles. The van der Waals surface area contributed by atoms with E-state index in [9.17, 15) is 19.1 Å². The number of carbonyl (C=O) groups is 2. The minimum absolute atomic E-state index is 0.00463. The smallest absolute Gasteiger partial charge is 0.326 e. The summed E-state index contributed by atoms with van der Waals surface area (Å²) in [5, 5.41) is 19.3. The Balaban J connectivity index is 2.29. The number of hydrogen-bond donors (Lipinski definition) is 2. The number of aromatic nitrogens is 3. The number of rotatable bonds is 6. The van der Waals surface area contributed by atoms with Crippen LogP contribution in [0.1, 0.15) is 36.5 Å². The van der Waals surface area contributed by atoms with Crippen LogP contribution in [0.15, 0.2) is 18.2 Å². The number of hydrogen-bond acceptors (Lipinski definition) is 4. The van der Waals surface area contributed by atoms with Crippen molar-refractivity contribution in [3.05, 3.63) is 40.4 Å². The molecule has 1 amide bonds. The van der Waals surface area contributed by atoms with Gasteiger partial charge in [0.2, 0.25) is 0 Å². The van der Waals surface area contributed by atoms with Gasteiger partial charge in [0.15, 0.2) is 5.69 Å². The summed E-state index contributed by atoms with van der Waals surface area (Å²) in [5.74, 6) is -2.56. The maximum absolute atomic E-state index is 13.3. The molecule has 0 bridgehead atoms. The normalized spacial score (nSPS) is 13.3. The monoisotopic (exact) mass is 368 g/mol. The summed E-state index contributed by atoms with van der Waals surface area (Å²) in [7, 11) is 0. The van der Waals surface area contributed by atoms with Crippen molar-refractivity contribution in [3.63, 3.8) is 0 Å². The molecule has 0 radical (unpaired) electrons. The summed E-state index contributed by atoms with van der Waals surface area (Å²) in [6.07, 6.45) is 0.594. The van der Waals surface area contributed by atoms with Crippen molar-refractivity contribution in [2.75, 3.05) is 0 Å². The highest BCUT2D eigenvalue weighted by molar-refractivity contribution is 6.30. The number of carbonyl (C=O) groups excluding carboxylic acids is 1. The van der Waals surface area contributed by atoms with Crippen LogP contribution in [-0.2, 0) is 4.79 Å². The number of halogens is 2. The largest absolute Gasteiger partial charge is 0.480 e. The van der Waals surface area contributed by atoms with E-state index in [2.05, 4.69) is 15.6 Å². The Kier molecular flexibility index (Phi) is 5.73. The SMILES string of the molecule is CC[C@H](C)[C@H](NC(=O)c1nnn(-c2ccc(F)c(Cl)c2)c1C)C(=O)O. The predicted molar refractivity (Wildman–Crippen MR) is 89.4 cm³/mol. The highest BCUT2D eigenvalue weighted by Crippen LogP contribution is 2.20. The van der Waals surface area contributed by atoms with E-state index < -0.39 is 23.7 Å². The van der Waals surface area contributed by atoms with Crippen molar-refractivity contribution < 1.29 is 19.1 Å². The molecule has 134 valence electrons. The van der Waals surface area contributed by atoms with Gasteiger partial charge in [0.25, 0.3) is 5.91 Å². The third kappa shape index (κ3) is 3.96. The van der Waals surface area contributed by atoms with Gasteiger partial charge in [-0.15, -0.1) is 5.10 Å². The van der Waals surface area contributed by atoms with E-state index in [-0.39, 0.29) is 16.6 Å². The molecule has 0 aliphatic rings. The average Bonchev–Trinajstić information content (AvgIpc) is 2.95. The molecular formula is C16H18ClFN4O3. The quantitative estimate of drug-likeness (QED) is 0.816. The predicted octanol–water partition coefficient (Wildman–Crippen LogP) is 2.60. The molecule has 0 fully saturated rings. The highest BCUT2D eigenvalue weighted by atomic mass is 35.5. The van der Waals surface area contributed by atoms with Crippen molar-refractivity contribution in [2.45, 2.75) is 33.2 Å². The second-order valence-corrected chi connectivity index (χ2v) is 6.12. The molecule has 0 aliphatic carbocycles. The summed E-state index contributed by atoms with van der Waals surface area (Å²) in [4.78, 5) is 23.7. The lowest BCUT2D eigenvalue weighted by atomic mass is 9.99. The topological polar surface area (TPSA) is 97.1 Å². The van der Waals surface area contributed by atoms with Gasteiger partial charge in [-0.05, 0) is 31.0 Å². The molecule has 1 aromatic carbocycles. The lowest BCUT2D eigenvalue weighted by Gasteiger charge is -2.19. The van der Waals surface area contributed by atoms with E-state index in [1.165, 1.54) is 22.9 Å². The summed E-state index contributed by atoms with van der Waals surface area (Å²) < 4.78 is 14.6. The number of carboxylic acids is 1. The van der Waals surface area contributed by atoms with Gasteiger partial charge in [-0.25, -0.2) is 13.9 Å². The Labute approximate surface area is 148 Å². The molecule has 0 saturated carbocycles. The van der Waals surface area contributed by atoms with Crippen LogP contribution in [0.4, 0.5) is 4.39 Å². The van der Waals surface area contributed by atoms with E-state index in [4.69, 9.17) is 11.6 Å². The molecule has 0 aliphatic heterocycles. The number of nitrogens with zero attached hydrogens (tertiary/aromatic N) is 3. The standard InChI is InChI=1S/C16H18ClFN4O3/c1-4-8(2)13(16(24)25)19-15(23)14-9(3)22(21-20-14)10-5-6-12(18)11(17)7-10/h5-8,13H,4H2,1-3H3,(H,19,23)(H,24,25)/t8-,13-/m0/s1. The molecular weight excluding hydrogens is 351 g/mol. The molecule has 2 atom stereocenters. The first-order valence-corrected chi connectivity index (χ1v) is 8.05. The summed E-state index contributed by atoms with van der Waals surface area (Å²) >= 11 is 5.76. The fourth-order valence-corrected chi connectivity index (χ4v) is 2.47. The van der Waals surface area contributed by atoms with Gasteiger partial charge >= 0.3 is 5.97 Å². The van der Waals surface area contributed by atoms with Crippen molar-refractivity contribution in [3.8, 4) is 5.69 Å². The lowest BCUT2D eigenvalue weighted by molar-refractivity contribution is -0.140. The fourth-order valence-electron chi connectivity index (χ4n) is 2.29. The number of benzene rings is 1. The number of nitrogens with one attached hydrogen (secondary N) is 1. The third-order valence-corrected chi connectivity index (χ3v) is 4.31. The van der Waals surface area contributed by atoms with Crippen LogP contribution < -0.4 is 5.32 Å². The van der Waals surface area contributed by atoms with Gasteiger partial charge in [0.1, 0.15) is 11.9 Å². The Morgan fingerprint density at radius 2 is 2.12 bits per heavy atom. The molecule has 2 rings (SSSR count). The van der Waals surface area contributed by atoms with E-state index >= 15 is 0 Å². The summed E-state index contributed by atoms with van der Waals surface area (Å²) in [5.41, 5.74) is 0.815. The first kappa shape index (κ1) is 18.9. The summed E-state index contributed by atoms with van der Waals surface area (Å²) in [6, 6.07) is 2.97. The summed E-state index contributed by atoms with van der Waals surface area (Å²) in [6.45, 7) is 5.18. The molecule has 0 spiro atoms. The minimum Gasteiger partial charge on any atom is -0.480 e. The van der Waals surface area contributed by atoms with Gasteiger partial charge in [0, 0.05) is 0 Å². The van der Waals surface area contributed by atoms with E-state index in [0.29, 0.717) is 17.8 Å². The number of carboxylic acid groups (broad SMARTS) is 1. The first-order chi connectivity index (χ1) is 11.8. The molecule has 9 heteroatoms. The van der Waals surface area contributed by atoms with Crippen LogP contribution in [0.25, 0.3) is 5.69 Å². The highest BCUT2D eigenvalue weighted by Gasteiger charge is 2.28. The molecule has 0 unspecified atom stereocenters. The van der Waals surface area contributed by atoms with Crippen molar-refractivity contribution in [1.82, 2.24) is 20.3 Å². The van der Waals surface area contributed by atoms with E-state index in [0.717, 1.165) is 0 Å². The van der Waals surface area contributed by atoms with Gasteiger partial charge < -0.3 is 10.4 Å². The Bertz CT molecular complexity index is 809. The second kappa shape index (κ2) is 7.60. The van der Waals surface area contributed by atoms with Gasteiger partial charge in [-0.3, -0.25) is 4.79 Å². The molecule has 25 heavy (non-hydrogen) atoms. The van der Waals surface area contributed by atoms with Crippen LogP contribution in [-0.4, -0.2) is 38.0 Å². The van der Waals surface area contributed by atoms with Crippen molar-refractivity contribution in [2.24, 2.45) is 5.92 Å². The van der Waals surface area contributed by atoms with Gasteiger partial charge in [-0.1, -0.05) is 37.1 Å². The van der Waals surface area contributed by atoms with Crippen LogP contribution >= 0.6 is 11.6 Å². The molecule has 0 saturated heterocycles.